The fraction of sp³-hybridized carbons (Fsp3) is 0.615. The lowest BCUT2D eigenvalue weighted by Gasteiger charge is -2.05. The van der Waals surface area contributed by atoms with Crippen LogP contribution < -0.4 is 5.32 Å². The van der Waals surface area contributed by atoms with Crippen LogP contribution in [0.3, 0.4) is 0 Å². The van der Waals surface area contributed by atoms with Gasteiger partial charge in [0.05, 0.1) is 5.03 Å². The Bertz CT molecular complexity index is 282. The molecule has 2 nitrogen and oxygen atoms in total. The van der Waals surface area contributed by atoms with Crippen LogP contribution in [-0.2, 0) is 6.54 Å². The van der Waals surface area contributed by atoms with Crippen LogP contribution in [0.1, 0.15) is 32.8 Å². The Morgan fingerprint density at radius 2 is 2.19 bits per heavy atom. The van der Waals surface area contributed by atoms with Crippen LogP contribution >= 0.6 is 11.8 Å². The summed E-state index contributed by atoms with van der Waals surface area (Å²) in [6, 6.07) is 4.29. The van der Waals surface area contributed by atoms with Crippen LogP contribution in [0.15, 0.2) is 23.4 Å². The molecule has 0 radical (unpaired) electrons. The van der Waals surface area contributed by atoms with E-state index in [9.17, 15) is 0 Å². The van der Waals surface area contributed by atoms with Gasteiger partial charge in [-0.05, 0) is 30.5 Å². The van der Waals surface area contributed by atoms with Crippen molar-refractivity contribution in [2.24, 2.45) is 5.92 Å². The van der Waals surface area contributed by atoms with Gasteiger partial charge in [0, 0.05) is 18.5 Å². The molecule has 0 aliphatic carbocycles. The zero-order chi connectivity index (χ0) is 11.8. The molecule has 0 atom stereocenters. The number of thioether (sulfide) groups is 1. The average molecular weight is 238 g/mol. The molecule has 1 N–H and O–H groups in total. The van der Waals surface area contributed by atoms with E-state index in [0.717, 1.165) is 29.8 Å². The molecule has 0 aliphatic heterocycles. The zero-order valence-corrected chi connectivity index (χ0v) is 11.3. The highest BCUT2D eigenvalue weighted by molar-refractivity contribution is 7.99. The SMILES string of the molecule is CCCNCc1ccc(SCC(C)C)nc1. The second-order valence-corrected chi connectivity index (χ2v) is 5.43. The third kappa shape index (κ3) is 5.52. The fourth-order valence-electron chi connectivity index (χ4n) is 1.26. The molecule has 0 saturated heterocycles. The minimum absolute atomic E-state index is 0.720. The first-order chi connectivity index (χ1) is 7.72. The van der Waals surface area contributed by atoms with Crippen molar-refractivity contribution in [3.05, 3.63) is 23.9 Å². The topological polar surface area (TPSA) is 24.9 Å². The fourth-order valence-corrected chi connectivity index (χ4v) is 2.06. The summed E-state index contributed by atoms with van der Waals surface area (Å²) in [6.45, 7) is 8.64. The molecule has 0 bridgehead atoms. The number of rotatable bonds is 7. The molecule has 0 unspecified atom stereocenters. The molecule has 0 aliphatic rings. The third-order valence-corrected chi connectivity index (χ3v) is 3.49. The van der Waals surface area contributed by atoms with Crippen molar-refractivity contribution in [1.82, 2.24) is 10.3 Å². The number of pyridine rings is 1. The lowest BCUT2D eigenvalue weighted by molar-refractivity contribution is 0.673. The first-order valence-corrected chi connectivity index (χ1v) is 6.99. The van der Waals surface area contributed by atoms with Crippen LogP contribution in [0.5, 0.6) is 0 Å². The molecule has 1 rings (SSSR count). The minimum atomic E-state index is 0.720. The van der Waals surface area contributed by atoms with Gasteiger partial charge >= 0.3 is 0 Å². The van der Waals surface area contributed by atoms with Crippen molar-refractivity contribution in [3.8, 4) is 0 Å². The van der Waals surface area contributed by atoms with Crippen molar-refractivity contribution in [1.29, 1.82) is 0 Å². The Labute approximate surface area is 103 Å². The van der Waals surface area contributed by atoms with E-state index in [-0.39, 0.29) is 0 Å². The van der Waals surface area contributed by atoms with E-state index in [2.05, 4.69) is 43.2 Å². The lowest BCUT2D eigenvalue weighted by Crippen LogP contribution is -2.13. The van der Waals surface area contributed by atoms with Gasteiger partial charge in [-0.1, -0.05) is 26.8 Å². The van der Waals surface area contributed by atoms with Crippen molar-refractivity contribution in [2.45, 2.75) is 38.8 Å². The van der Waals surface area contributed by atoms with Crippen LogP contribution in [0.25, 0.3) is 0 Å². The standard InChI is InChI=1S/C13H22N2S/c1-4-7-14-8-12-5-6-13(15-9-12)16-10-11(2)3/h5-6,9,11,14H,4,7-8,10H2,1-3H3. The Morgan fingerprint density at radius 3 is 2.75 bits per heavy atom. The van der Waals surface area contributed by atoms with E-state index >= 15 is 0 Å². The predicted molar refractivity (Wildman–Crippen MR) is 71.8 cm³/mol. The van der Waals surface area contributed by atoms with E-state index in [1.165, 1.54) is 12.0 Å². The number of hydrogen-bond donors (Lipinski definition) is 1. The molecular formula is C13H22N2S. The van der Waals surface area contributed by atoms with Gasteiger partial charge in [-0.2, -0.15) is 0 Å². The van der Waals surface area contributed by atoms with E-state index in [4.69, 9.17) is 0 Å². The molecule has 0 aromatic carbocycles. The molecular weight excluding hydrogens is 216 g/mol. The van der Waals surface area contributed by atoms with Gasteiger partial charge in [-0.15, -0.1) is 11.8 Å². The summed E-state index contributed by atoms with van der Waals surface area (Å²) in [5, 5.41) is 4.51. The van der Waals surface area contributed by atoms with Crippen molar-refractivity contribution < 1.29 is 0 Å². The van der Waals surface area contributed by atoms with Gasteiger partial charge in [-0.25, -0.2) is 4.98 Å². The molecule has 1 aromatic rings. The van der Waals surface area contributed by atoms with Gasteiger partial charge in [0.15, 0.2) is 0 Å². The van der Waals surface area contributed by atoms with Crippen LogP contribution in [-0.4, -0.2) is 17.3 Å². The Hall–Kier alpha value is -0.540. The summed E-state index contributed by atoms with van der Waals surface area (Å²) in [7, 11) is 0. The maximum absolute atomic E-state index is 4.45. The Morgan fingerprint density at radius 1 is 1.38 bits per heavy atom. The first-order valence-electron chi connectivity index (χ1n) is 6.00. The largest absolute Gasteiger partial charge is 0.313 e. The summed E-state index contributed by atoms with van der Waals surface area (Å²) in [5.74, 6) is 1.86. The van der Waals surface area contributed by atoms with Crippen molar-refractivity contribution in [2.75, 3.05) is 12.3 Å². The molecule has 0 fully saturated rings. The Balaban J connectivity index is 2.35. The van der Waals surface area contributed by atoms with Crippen molar-refractivity contribution in [3.63, 3.8) is 0 Å². The predicted octanol–water partition coefficient (Wildman–Crippen LogP) is 3.33. The van der Waals surface area contributed by atoms with Crippen LogP contribution in [0, 0.1) is 5.92 Å². The summed E-state index contributed by atoms with van der Waals surface area (Å²) in [5.41, 5.74) is 1.27. The average Bonchev–Trinajstić information content (AvgIpc) is 2.28. The highest BCUT2D eigenvalue weighted by Crippen LogP contribution is 2.18. The van der Waals surface area contributed by atoms with Gasteiger partial charge in [0.25, 0.3) is 0 Å². The number of nitrogens with one attached hydrogen (secondary N) is 1. The van der Waals surface area contributed by atoms with Gasteiger partial charge in [0.1, 0.15) is 0 Å². The van der Waals surface area contributed by atoms with E-state index < -0.39 is 0 Å². The normalized spacial score (nSPS) is 11.0. The third-order valence-electron chi connectivity index (χ3n) is 2.12. The molecule has 90 valence electrons. The summed E-state index contributed by atoms with van der Waals surface area (Å²) in [4.78, 5) is 4.45. The summed E-state index contributed by atoms with van der Waals surface area (Å²) >= 11 is 1.83. The minimum Gasteiger partial charge on any atom is -0.313 e. The van der Waals surface area contributed by atoms with E-state index in [1.54, 1.807) is 0 Å². The first kappa shape index (κ1) is 13.5. The van der Waals surface area contributed by atoms with Gasteiger partial charge in [-0.3, -0.25) is 0 Å². The number of aromatic nitrogens is 1. The maximum Gasteiger partial charge on any atom is 0.0960 e. The molecule has 1 aromatic heterocycles. The van der Waals surface area contributed by atoms with Crippen molar-refractivity contribution >= 4 is 11.8 Å². The van der Waals surface area contributed by atoms with E-state index in [1.807, 2.05) is 18.0 Å². The molecule has 0 spiro atoms. The quantitative estimate of drug-likeness (QED) is 0.582. The van der Waals surface area contributed by atoms with E-state index in [0.29, 0.717) is 0 Å². The highest BCUT2D eigenvalue weighted by Gasteiger charge is 1.99. The molecule has 0 saturated carbocycles. The second-order valence-electron chi connectivity index (χ2n) is 4.39. The summed E-state index contributed by atoms with van der Waals surface area (Å²) < 4.78 is 0. The summed E-state index contributed by atoms with van der Waals surface area (Å²) in [6.07, 6.45) is 3.15. The maximum atomic E-state index is 4.45. The lowest BCUT2D eigenvalue weighted by atomic mass is 10.3. The smallest absolute Gasteiger partial charge is 0.0960 e. The van der Waals surface area contributed by atoms with Gasteiger partial charge < -0.3 is 5.32 Å². The number of nitrogens with zero attached hydrogens (tertiary/aromatic N) is 1. The second kappa shape index (κ2) is 7.69. The molecule has 0 amide bonds. The highest BCUT2D eigenvalue weighted by atomic mass is 32.2. The van der Waals surface area contributed by atoms with Crippen LogP contribution in [0.2, 0.25) is 0 Å². The zero-order valence-electron chi connectivity index (χ0n) is 10.5. The Kier molecular flexibility index (Phi) is 6.50. The van der Waals surface area contributed by atoms with Crippen LogP contribution in [0.4, 0.5) is 0 Å². The van der Waals surface area contributed by atoms with Gasteiger partial charge in [0.2, 0.25) is 0 Å². The molecule has 3 heteroatoms. The molecule has 16 heavy (non-hydrogen) atoms. The number of hydrogen-bond acceptors (Lipinski definition) is 3. The molecule has 1 heterocycles. The monoisotopic (exact) mass is 238 g/mol.